The Kier molecular flexibility index (Phi) is 7.72. The maximum Gasteiger partial charge on any atom is 0.341 e. The van der Waals surface area contributed by atoms with Crippen LogP contribution < -0.4 is 10.1 Å². The third-order valence-corrected chi connectivity index (χ3v) is 6.85. The summed E-state index contributed by atoms with van der Waals surface area (Å²) in [5.41, 5.74) is 1.99. The number of methoxy groups -OCH3 is 2. The number of halogens is 1. The van der Waals surface area contributed by atoms with E-state index in [0.29, 0.717) is 36.4 Å². The summed E-state index contributed by atoms with van der Waals surface area (Å²) in [5.74, 6) is -0.985. The first-order valence-electron chi connectivity index (χ1n) is 9.86. The van der Waals surface area contributed by atoms with Gasteiger partial charge in [-0.2, -0.15) is 0 Å². The number of hydrogen-bond acceptors (Lipinski definition) is 7. The average Bonchev–Trinajstić information content (AvgIpc) is 3.30. The Morgan fingerprint density at radius 2 is 2.00 bits per heavy atom. The van der Waals surface area contributed by atoms with Crippen molar-refractivity contribution in [3.8, 4) is 5.75 Å². The third kappa shape index (κ3) is 5.27. The fourth-order valence-electron chi connectivity index (χ4n) is 3.56. The molecule has 0 bridgehead atoms. The first-order chi connectivity index (χ1) is 14.8. The Morgan fingerprint density at radius 3 is 2.68 bits per heavy atom. The first-order valence-corrected chi connectivity index (χ1v) is 11.5. The fourth-order valence-corrected chi connectivity index (χ4v) is 5.45. The minimum atomic E-state index is -0.573. The largest absolute Gasteiger partial charge is 0.492 e. The summed E-state index contributed by atoms with van der Waals surface area (Å²) in [7, 11) is 2.60. The van der Waals surface area contributed by atoms with Crippen LogP contribution >= 0.6 is 27.3 Å². The van der Waals surface area contributed by atoms with Gasteiger partial charge in [0, 0.05) is 11.3 Å². The van der Waals surface area contributed by atoms with E-state index in [1.807, 2.05) is 25.1 Å². The Balaban J connectivity index is 1.63. The number of nitrogens with one attached hydrogen (secondary N) is 1. The highest BCUT2D eigenvalue weighted by atomic mass is 79.9. The molecule has 1 N–H and O–H groups in total. The Bertz CT molecular complexity index is 1000. The molecule has 0 radical (unpaired) electrons. The number of carbonyl (C=O) groups is 3. The zero-order valence-corrected chi connectivity index (χ0v) is 20.0. The summed E-state index contributed by atoms with van der Waals surface area (Å²) >= 11 is 4.78. The smallest absolute Gasteiger partial charge is 0.341 e. The van der Waals surface area contributed by atoms with Crippen molar-refractivity contribution in [1.82, 2.24) is 0 Å². The van der Waals surface area contributed by atoms with Gasteiger partial charge >= 0.3 is 11.9 Å². The molecule has 0 aliphatic heterocycles. The van der Waals surface area contributed by atoms with Crippen LogP contribution in [0, 0.1) is 6.92 Å². The molecule has 0 spiro atoms. The summed E-state index contributed by atoms with van der Waals surface area (Å²) in [6.45, 7) is 2.37. The highest BCUT2D eigenvalue weighted by molar-refractivity contribution is 9.10. The number of fused-ring (bicyclic) bond motifs is 1. The maximum absolute atomic E-state index is 12.5. The normalized spacial score (nSPS) is 14.6. The van der Waals surface area contributed by atoms with Crippen molar-refractivity contribution < 1.29 is 28.6 Å². The molecule has 2 aromatic rings. The van der Waals surface area contributed by atoms with Gasteiger partial charge in [0.15, 0.2) is 0 Å². The SMILES string of the molecule is COC(=O)c1c(NC(=O)CCCOc2ccc(C)cc2Br)sc2c1C(C(=O)OC)CC2. The van der Waals surface area contributed by atoms with E-state index < -0.39 is 11.9 Å². The molecule has 0 saturated heterocycles. The van der Waals surface area contributed by atoms with Crippen molar-refractivity contribution in [3.63, 3.8) is 0 Å². The van der Waals surface area contributed by atoms with E-state index in [9.17, 15) is 14.4 Å². The number of ether oxygens (including phenoxy) is 3. The molecule has 1 heterocycles. The van der Waals surface area contributed by atoms with E-state index in [-0.39, 0.29) is 23.9 Å². The van der Waals surface area contributed by atoms with Crippen LogP contribution in [-0.4, -0.2) is 38.7 Å². The van der Waals surface area contributed by atoms with Crippen molar-refractivity contribution >= 4 is 50.1 Å². The van der Waals surface area contributed by atoms with Gasteiger partial charge in [-0.1, -0.05) is 6.07 Å². The molecule has 1 aromatic carbocycles. The molecule has 0 fully saturated rings. The Labute approximate surface area is 193 Å². The number of rotatable bonds is 8. The number of carbonyl (C=O) groups excluding carboxylic acids is 3. The summed E-state index contributed by atoms with van der Waals surface area (Å²) in [6.07, 6.45) is 1.97. The van der Waals surface area contributed by atoms with E-state index in [0.717, 1.165) is 20.7 Å². The van der Waals surface area contributed by atoms with E-state index in [1.165, 1.54) is 25.6 Å². The van der Waals surface area contributed by atoms with E-state index in [1.54, 1.807) is 0 Å². The molecule has 1 atom stereocenters. The average molecular weight is 510 g/mol. The van der Waals surface area contributed by atoms with E-state index in [4.69, 9.17) is 14.2 Å². The minimum absolute atomic E-state index is 0.229. The molecule has 31 heavy (non-hydrogen) atoms. The molecule has 1 amide bonds. The van der Waals surface area contributed by atoms with Gasteiger partial charge in [-0.15, -0.1) is 11.3 Å². The number of thiophene rings is 1. The lowest BCUT2D eigenvalue weighted by Crippen LogP contribution is -2.18. The monoisotopic (exact) mass is 509 g/mol. The summed E-state index contributed by atoms with van der Waals surface area (Å²) in [4.78, 5) is 37.9. The van der Waals surface area contributed by atoms with Gasteiger partial charge in [0.05, 0.1) is 36.8 Å². The molecule has 1 aliphatic rings. The van der Waals surface area contributed by atoms with Gasteiger partial charge in [-0.3, -0.25) is 9.59 Å². The number of aryl methyl sites for hydroxylation is 2. The number of amides is 1. The second-order valence-electron chi connectivity index (χ2n) is 7.18. The molecule has 1 aliphatic carbocycles. The lowest BCUT2D eigenvalue weighted by Gasteiger charge is -2.12. The van der Waals surface area contributed by atoms with Crippen LogP contribution in [-0.2, 0) is 25.5 Å². The van der Waals surface area contributed by atoms with Crippen molar-refractivity contribution in [1.29, 1.82) is 0 Å². The predicted molar refractivity (Wildman–Crippen MR) is 121 cm³/mol. The standard InChI is InChI=1S/C22H24BrNO6S/c1-12-6-8-15(14(23)11-12)30-10-4-5-17(25)24-20-19(22(27)29-3)18-13(21(26)28-2)7-9-16(18)31-20/h6,8,11,13H,4-5,7,9-10H2,1-3H3,(H,24,25). The zero-order chi connectivity index (χ0) is 22.5. The van der Waals surface area contributed by atoms with Crippen LogP contribution in [0.3, 0.4) is 0 Å². The molecule has 7 nitrogen and oxygen atoms in total. The molecule has 3 rings (SSSR count). The molecule has 9 heteroatoms. The molecule has 1 unspecified atom stereocenters. The molecule has 166 valence electrons. The second-order valence-corrected chi connectivity index (χ2v) is 9.14. The van der Waals surface area contributed by atoms with Gasteiger partial charge in [0.2, 0.25) is 5.91 Å². The third-order valence-electron chi connectivity index (χ3n) is 5.05. The van der Waals surface area contributed by atoms with Crippen LogP contribution in [0.2, 0.25) is 0 Å². The van der Waals surface area contributed by atoms with Crippen molar-refractivity contribution in [2.24, 2.45) is 0 Å². The molecule has 1 aromatic heterocycles. The zero-order valence-electron chi connectivity index (χ0n) is 17.6. The van der Waals surface area contributed by atoms with Gasteiger partial charge < -0.3 is 19.5 Å². The Hall–Kier alpha value is -2.39. The highest BCUT2D eigenvalue weighted by Crippen LogP contribution is 2.45. The summed E-state index contributed by atoms with van der Waals surface area (Å²) in [6, 6.07) is 5.81. The van der Waals surface area contributed by atoms with Crippen LogP contribution in [0.25, 0.3) is 0 Å². The maximum atomic E-state index is 12.5. The van der Waals surface area contributed by atoms with Gasteiger partial charge in [-0.05, 0) is 65.4 Å². The first kappa shape index (κ1) is 23.3. The molecular formula is C22H24BrNO6S. The topological polar surface area (TPSA) is 90.9 Å². The number of anilines is 1. The fraction of sp³-hybridized carbons (Fsp3) is 0.409. The summed E-state index contributed by atoms with van der Waals surface area (Å²) in [5, 5.41) is 3.23. The number of hydrogen-bond donors (Lipinski definition) is 1. The lowest BCUT2D eigenvalue weighted by molar-refractivity contribution is -0.142. The van der Waals surface area contributed by atoms with Crippen molar-refractivity contribution in [2.45, 2.75) is 38.5 Å². The minimum Gasteiger partial charge on any atom is -0.492 e. The van der Waals surface area contributed by atoms with Gasteiger partial charge in [-0.25, -0.2) is 4.79 Å². The van der Waals surface area contributed by atoms with Crippen molar-refractivity contribution in [3.05, 3.63) is 44.2 Å². The summed E-state index contributed by atoms with van der Waals surface area (Å²) < 4.78 is 16.4. The van der Waals surface area contributed by atoms with Crippen LogP contribution in [0.15, 0.2) is 22.7 Å². The molecular weight excluding hydrogens is 486 g/mol. The number of esters is 2. The van der Waals surface area contributed by atoms with Crippen LogP contribution in [0.5, 0.6) is 5.75 Å². The quantitative estimate of drug-likeness (QED) is 0.412. The van der Waals surface area contributed by atoms with Crippen molar-refractivity contribution in [2.75, 3.05) is 26.1 Å². The van der Waals surface area contributed by atoms with Gasteiger partial charge in [0.25, 0.3) is 0 Å². The van der Waals surface area contributed by atoms with Crippen LogP contribution in [0.1, 0.15) is 51.5 Å². The second kappa shape index (κ2) is 10.3. The Morgan fingerprint density at radius 1 is 1.23 bits per heavy atom. The van der Waals surface area contributed by atoms with E-state index >= 15 is 0 Å². The molecule has 0 saturated carbocycles. The van der Waals surface area contributed by atoms with Gasteiger partial charge in [0.1, 0.15) is 10.8 Å². The van der Waals surface area contributed by atoms with E-state index in [2.05, 4.69) is 21.2 Å². The lowest BCUT2D eigenvalue weighted by atomic mass is 9.99. The highest BCUT2D eigenvalue weighted by Gasteiger charge is 2.38. The predicted octanol–water partition coefficient (Wildman–Crippen LogP) is 4.61. The number of benzene rings is 1. The van der Waals surface area contributed by atoms with Crippen LogP contribution in [0.4, 0.5) is 5.00 Å².